The van der Waals surface area contributed by atoms with Gasteiger partial charge in [-0.1, -0.05) is 13.8 Å². The van der Waals surface area contributed by atoms with Crippen LogP contribution in [0, 0.1) is 0 Å². The third kappa shape index (κ3) is 5.33. The standard InChI is InChI=1S/C13H26O6/c1-7-10(3)14-16-12(5)9-13(6,19-18-12)17-15-11(4)8-2/h10-11H,7-9H2,1-6H3. The summed E-state index contributed by atoms with van der Waals surface area (Å²) in [6.07, 6.45) is 2.02. The summed E-state index contributed by atoms with van der Waals surface area (Å²) in [6, 6.07) is 0. The molecule has 0 saturated carbocycles. The lowest BCUT2D eigenvalue weighted by Crippen LogP contribution is -2.34. The molecule has 6 nitrogen and oxygen atoms in total. The summed E-state index contributed by atoms with van der Waals surface area (Å²) in [6.45, 7) is 11.3. The highest BCUT2D eigenvalue weighted by Crippen LogP contribution is 2.38. The van der Waals surface area contributed by atoms with Crippen LogP contribution in [0.1, 0.15) is 60.8 Å². The topological polar surface area (TPSA) is 55.4 Å². The molecule has 19 heavy (non-hydrogen) atoms. The van der Waals surface area contributed by atoms with Crippen molar-refractivity contribution in [1.29, 1.82) is 0 Å². The zero-order chi connectivity index (χ0) is 14.5. The fourth-order valence-corrected chi connectivity index (χ4v) is 1.41. The molecule has 1 aliphatic heterocycles. The van der Waals surface area contributed by atoms with Crippen LogP contribution in [0.2, 0.25) is 0 Å². The minimum Gasteiger partial charge on any atom is -0.231 e. The van der Waals surface area contributed by atoms with E-state index in [1.54, 1.807) is 13.8 Å². The lowest BCUT2D eigenvalue weighted by molar-refractivity contribution is -0.521. The van der Waals surface area contributed by atoms with Crippen LogP contribution in [0.3, 0.4) is 0 Å². The van der Waals surface area contributed by atoms with Crippen molar-refractivity contribution in [2.24, 2.45) is 0 Å². The van der Waals surface area contributed by atoms with Crippen molar-refractivity contribution in [3.05, 3.63) is 0 Å². The monoisotopic (exact) mass is 278 g/mol. The van der Waals surface area contributed by atoms with Crippen molar-refractivity contribution in [1.82, 2.24) is 0 Å². The Morgan fingerprint density at radius 1 is 0.895 bits per heavy atom. The average molecular weight is 278 g/mol. The van der Waals surface area contributed by atoms with Gasteiger partial charge in [-0.2, -0.15) is 19.6 Å². The smallest absolute Gasteiger partial charge is 0.231 e. The second-order valence-corrected chi connectivity index (χ2v) is 5.41. The molecule has 0 aromatic heterocycles. The Labute approximate surface area is 115 Å². The van der Waals surface area contributed by atoms with E-state index in [0.29, 0.717) is 6.42 Å². The summed E-state index contributed by atoms with van der Waals surface area (Å²) < 4.78 is 0. The molecule has 1 fully saturated rings. The van der Waals surface area contributed by atoms with Crippen LogP contribution in [-0.2, 0) is 29.3 Å². The van der Waals surface area contributed by atoms with Crippen molar-refractivity contribution in [2.75, 3.05) is 0 Å². The molecule has 1 rings (SSSR count). The van der Waals surface area contributed by atoms with E-state index in [2.05, 4.69) is 0 Å². The minimum atomic E-state index is -1.00. The van der Waals surface area contributed by atoms with Crippen LogP contribution >= 0.6 is 0 Å². The van der Waals surface area contributed by atoms with E-state index in [-0.39, 0.29) is 12.2 Å². The minimum absolute atomic E-state index is 0.00966. The first-order chi connectivity index (χ1) is 8.82. The predicted octanol–water partition coefficient (Wildman–Crippen LogP) is 3.26. The largest absolute Gasteiger partial charge is 0.236 e. The van der Waals surface area contributed by atoms with Gasteiger partial charge >= 0.3 is 0 Å². The quantitative estimate of drug-likeness (QED) is 0.502. The van der Waals surface area contributed by atoms with Crippen molar-refractivity contribution >= 4 is 0 Å². The number of rotatable bonds is 8. The molecule has 4 unspecified atom stereocenters. The Kier molecular flexibility index (Phi) is 6.16. The van der Waals surface area contributed by atoms with Gasteiger partial charge in [0.2, 0.25) is 11.6 Å². The third-order valence-electron chi connectivity index (χ3n) is 2.96. The van der Waals surface area contributed by atoms with Crippen LogP contribution in [-0.4, -0.2) is 23.8 Å². The molecule has 4 atom stereocenters. The Bertz CT molecular complexity index is 248. The van der Waals surface area contributed by atoms with E-state index in [9.17, 15) is 0 Å². The summed E-state index contributed by atoms with van der Waals surface area (Å²) in [5, 5.41) is 0. The first kappa shape index (κ1) is 16.8. The Morgan fingerprint density at radius 3 is 1.58 bits per heavy atom. The summed E-state index contributed by atoms with van der Waals surface area (Å²) in [4.78, 5) is 31.3. The highest BCUT2D eigenvalue weighted by atomic mass is 17.4. The van der Waals surface area contributed by atoms with Gasteiger partial charge in [0.25, 0.3) is 0 Å². The van der Waals surface area contributed by atoms with Crippen LogP contribution in [0.4, 0.5) is 0 Å². The van der Waals surface area contributed by atoms with Gasteiger partial charge in [0, 0.05) is 0 Å². The van der Waals surface area contributed by atoms with Crippen LogP contribution in [0.25, 0.3) is 0 Å². The second-order valence-electron chi connectivity index (χ2n) is 5.41. The Morgan fingerprint density at radius 2 is 1.26 bits per heavy atom. The molecular formula is C13H26O6. The first-order valence-electron chi connectivity index (χ1n) is 6.88. The van der Waals surface area contributed by atoms with Gasteiger partial charge in [0.05, 0.1) is 18.6 Å². The molecule has 0 aliphatic carbocycles. The fraction of sp³-hybridized carbons (Fsp3) is 1.00. The highest BCUT2D eigenvalue weighted by molar-refractivity contribution is 4.75. The Hall–Kier alpha value is -0.240. The van der Waals surface area contributed by atoms with Crippen LogP contribution in [0.5, 0.6) is 0 Å². The molecule has 0 spiro atoms. The predicted molar refractivity (Wildman–Crippen MR) is 67.4 cm³/mol. The average Bonchev–Trinajstić information content (AvgIpc) is 2.70. The van der Waals surface area contributed by atoms with E-state index < -0.39 is 11.6 Å². The second kappa shape index (κ2) is 6.97. The van der Waals surface area contributed by atoms with Crippen LogP contribution in [0.15, 0.2) is 0 Å². The SMILES string of the molecule is CCC(C)OOC1(C)CC(C)(OOC(C)CC)OO1. The summed E-state index contributed by atoms with van der Waals surface area (Å²) >= 11 is 0. The molecule has 0 aromatic carbocycles. The van der Waals surface area contributed by atoms with E-state index >= 15 is 0 Å². The molecule has 0 aromatic rings. The van der Waals surface area contributed by atoms with Gasteiger partial charge in [-0.25, -0.2) is 9.78 Å². The highest BCUT2D eigenvalue weighted by Gasteiger charge is 2.51. The van der Waals surface area contributed by atoms with Gasteiger partial charge in [-0.05, 0) is 40.5 Å². The summed E-state index contributed by atoms with van der Waals surface area (Å²) in [5.41, 5.74) is 0. The van der Waals surface area contributed by atoms with Gasteiger partial charge in [0.1, 0.15) is 0 Å². The molecule has 6 heteroatoms. The molecule has 1 heterocycles. The van der Waals surface area contributed by atoms with Gasteiger partial charge in [0.15, 0.2) is 0 Å². The van der Waals surface area contributed by atoms with E-state index in [0.717, 1.165) is 12.8 Å². The van der Waals surface area contributed by atoms with Gasteiger partial charge < -0.3 is 0 Å². The van der Waals surface area contributed by atoms with Crippen molar-refractivity contribution < 1.29 is 29.3 Å². The summed E-state index contributed by atoms with van der Waals surface area (Å²) in [7, 11) is 0. The lowest BCUT2D eigenvalue weighted by Gasteiger charge is -2.23. The molecule has 0 radical (unpaired) electrons. The number of hydrogen-bond donors (Lipinski definition) is 0. The van der Waals surface area contributed by atoms with Gasteiger partial charge in [-0.15, -0.1) is 0 Å². The van der Waals surface area contributed by atoms with Crippen molar-refractivity contribution in [3.8, 4) is 0 Å². The number of hydrogen-bond acceptors (Lipinski definition) is 6. The summed E-state index contributed by atoms with van der Waals surface area (Å²) in [5.74, 6) is -2.01. The molecule has 114 valence electrons. The molecule has 0 N–H and O–H groups in total. The van der Waals surface area contributed by atoms with Crippen molar-refractivity contribution in [3.63, 3.8) is 0 Å². The molecular weight excluding hydrogens is 252 g/mol. The Balaban J connectivity index is 2.41. The van der Waals surface area contributed by atoms with E-state index in [1.165, 1.54) is 0 Å². The van der Waals surface area contributed by atoms with E-state index in [4.69, 9.17) is 29.3 Å². The zero-order valence-electron chi connectivity index (χ0n) is 12.7. The molecule has 1 saturated heterocycles. The first-order valence-corrected chi connectivity index (χ1v) is 6.88. The molecule has 1 aliphatic rings. The fourth-order valence-electron chi connectivity index (χ4n) is 1.41. The zero-order valence-corrected chi connectivity index (χ0v) is 12.7. The third-order valence-corrected chi connectivity index (χ3v) is 2.96. The molecule has 0 amide bonds. The van der Waals surface area contributed by atoms with Gasteiger partial charge in [-0.3, -0.25) is 0 Å². The maximum absolute atomic E-state index is 5.29. The normalized spacial score (nSPS) is 34.4. The van der Waals surface area contributed by atoms with Crippen molar-refractivity contribution in [2.45, 2.75) is 84.6 Å². The maximum Gasteiger partial charge on any atom is 0.236 e. The lowest BCUT2D eigenvalue weighted by atomic mass is 10.1. The molecule has 0 bridgehead atoms. The van der Waals surface area contributed by atoms with Crippen LogP contribution < -0.4 is 0 Å². The van der Waals surface area contributed by atoms with E-state index in [1.807, 2.05) is 27.7 Å². The maximum atomic E-state index is 5.29.